The Hall–Kier alpha value is -3.06. The van der Waals surface area contributed by atoms with Gasteiger partial charge in [-0.3, -0.25) is 0 Å². The predicted molar refractivity (Wildman–Crippen MR) is 163 cm³/mol. The SMILES string of the molecule is CC(C)(C)c1ccc(OCC2CO2)c(C(c2ccc(OCC3CO3)cc2)c2cc(C(C)(C)C)ccc2OCC2CO2)c1. The highest BCUT2D eigenvalue weighted by Gasteiger charge is 2.31. The molecule has 0 aromatic heterocycles. The lowest BCUT2D eigenvalue weighted by molar-refractivity contribution is 0.258. The van der Waals surface area contributed by atoms with Crippen molar-refractivity contribution in [3.63, 3.8) is 0 Å². The largest absolute Gasteiger partial charge is 0.491 e. The molecular weight excluding hydrogens is 528 g/mol. The smallest absolute Gasteiger partial charge is 0.123 e. The van der Waals surface area contributed by atoms with Crippen LogP contribution in [0.5, 0.6) is 17.2 Å². The van der Waals surface area contributed by atoms with Gasteiger partial charge >= 0.3 is 0 Å². The van der Waals surface area contributed by atoms with E-state index in [1.54, 1.807) is 0 Å². The quantitative estimate of drug-likeness (QED) is 0.176. The van der Waals surface area contributed by atoms with Crippen molar-refractivity contribution < 1.29 is 28.4 Å². The summed E-state index contributed by atoms with van der Waals surface area (Å²) < 4.78 is 35.2. The van der Waals surface area contributed by atoms with Gasteiger partial charge in [-0.25, -0.2) is 0 Å². The van der Waals surface area contributed by atoms with Crippen LogP contribution in [-0.4, -0.2) is 58.0 Å². The van der Waals surface area contributed by atoms with Gasteiger partial charge in [-0.1, -0.05) is 77.9 Å². The van der Waals surface area contributed by atoms with E-state index in [1.807, 2.05) is 0 Å². The second-order valence-electron chi connectivity index (χ2n) is 13.8. The average molecular weight is 573 g/mol. The summed E-state index contributed by atoms with van der Waals surface area (Å²) in [5, 5.41) is 0. The minimum atomic E-state index is -0.138. The van der Waals surface area contributed by atoms with Crippen molar-refractivity contribution in [1.82, 2.24) is 0 Å². The third-order valence-electron chi connectivity index (χ3n) is 8.08. The van der Waals surface area contributed by atoms with Crippen molar-refractivity contribution in [1.29, 1.82) is 0 Å². The number of benzene rings is 3. The highest BCUT2D eigenvalue weighted by molar-refractivity contribution is 5.56. The van der Waals surface area contributed by atoms with E-state index in [4.69, 9.17) is 28.4 Å². The fraction of sp³-hybridized carbons (Fsp3) is 0.500. The van der Waals surface area contributed by atoms with Crippen LogP contribution in [0.25, 0.3) is 0 Å². The molecular formula is C36H44O6. The molecule has 0 N–H and O–H groups in total. The van der Waals surface area contributed by atoms with Crippen molar-refractivity contribution in [3.8, 4) is 17.2 Å². The second kappa shape index (κ2) is 11.6. The van der Waals surface area contributed by atoms with Crippen LogP contribution < -0.4 is 14.2 Å². The topological polar surface area (TPSA) is 65.3 Å². The Labute approximate surface area is 250 Å². The maximum atomic E-state index is 6.47. The standard InChI is InChI=1S/C36H44O6/c1-35(2,3)24-9-13-32(41-21-28-19-39-28)30(15-24)34(23-7-11-26(12-8-23)37-17-27-18-38-27)31-16-25(36(4,5)6)10-14-33(31)42-22-29-20-40-29/h7-16,27-29,34H,17-22H2,1-6H3. The number of ether oxygens (including phenoxy) is 6. The van der Waals surface area contributed by atoms with Crippen LogP contribution >= 0.6 is 0 Å². The Balaban J connectivity index is 1.48. The fourth-order valence-electron chi connectivity index (χ4n) is 5.07. The van der Waals surface area contributed by atoms with Gasteiger partial charge in [0.2, 0.25) is 0 Å². The van der Waals surface area contributed by atoms with Crippen LogP contribution in [0.2, 0.25) is 0 Å². The predicted octanol–water partition coefficient (Wildman–Crippen LogP) is 6.79. The molecule has 42 heavy (non-hydrogen) atoms. The molecule has 224 valence electrons. The van der Waals surface area contributed by atoms with Gasteiger partial charge in [0.25, 0.3) is 0 Å². The number of rotatable bonds is 12. The molecule has 6 nitrogen and oxygen atoms in total. The van der Waals surface area contributed by atoms with Crippen molar-refractivity contribution in [2.75, 3.05) is 39.6 Å². The van der Waals surface area contributed by atoms with E-state index in [9.17, 15) is 0 Å². The molecule has 6 rings (SSSR count). The maximum absolute atomic E-state index is 6.47. The van der Waals surface area contributed by atoms with Crippen LogP contribution in [0, 0.1) is 0 Å². The zero-order chi connectivity index (χ0) is 29.5. The van der Waals surface area contributed by atoms with Gasteiger partial charge in [-0.15, -0.1) is 0 Å². The van der Waals surface area contributed by atoms with E-state index in [0.29, 0.717) is 19.8 Å². The first-order valence-electron chi connectivity index (χ1n) is 15.2. The first kappa shape index (κ1) is 29.0. The Morgan fingerprint density at radius 1 is 0.595 bits per heavy atom. The molecule has 0 saturated carbocycles. The summed E-state index contributed by atoms with van der Waals surface area (Å²) in [5.41, 5.74) is 5.81. The lowest BCUT2D eigenvalue weighted by Crippen LogP contribution is -2.17. The summed E-state index contributed by atoms with van der Waals surface area (Å²) in [6.07, 6.45) is 0.530. The van der Waals surface area contributed by atoms with E-state index in [0.717, 1.165) is 53.8 Å². The zero-order valence-corrected chi connectivity index (χ0v) is 25.8. The normalized spacial score (nSPS) is 21.9. The first-order valence-corrected chi connectivity index (χ1v) is 15.2. The van der Waals surface area contributed by atoms with Crippen LogP contribution in [-0.2, 0) is 25.0 Å². The third kappa shape index (κ3) is 7.28. The molecule has 0 amide bonds. The van der Waals surface area contributed by atoms with Crippen molar-refractivity contribution in [2.45, 2.75) is 76.6 Å². The van der Waals surface area contributed by atoms with Gasteiger partial charge in [0.1, 0.15) is 55.4 Å². The van der Waals surface area contributed by atoms with Crippen molar-refractivity contribution in [3.05, 3.63) is 88.5 Å². The average Bonchev–Trinajstić information content (AvgIpc) is 3.80. The van der Waals surface area contributed by atoms with E-state index in [-0.39, 0.29) is 35.1 Å². The molecule has 3 fully saturated rings. The molecule has 0 spiro atoms. The molecule has 3 heterocycles. The number of hydrogen-bond donors (Lipinski definition) is 0. The zero-order valence-electron chi connectivity index (χ0n) is 25.8. The minimum absolute atomic E-state index is 0.0318. The molecule has 3 atom stereocenters. The van der Waals surface area contributed by atoms with Gasteiger partial charge in [0, 0.05) is 17.0 Å². The van der Waals surface area contributed by atoms with Crippen LogP contribution in [0.15, 0.2) is 60.7 Å². The van der Waals surface area contributed by atoms with Crippen LogP contribution in [0.1, 0.15) is 75.3 Å². The molecule has 0 radical (unpaired) electrons. The molecule has 3 aliphatic rings. The van der Waals surface area contributed by atoms with E-state index < -0.39 is 0 Å². The first-order chi connectivity index (χ1) is 20.0. The summed E-state index contributed by atoms with van der Waals surface area (Å²) in [7, 11) is 0. The number of hydrogen-bond acceptors (Lipinski definition) is 6. The van der Waals surface area contributed by atoms with Gasteiger partial charge < -0.3 is 28.4 Å². The third-order valence-corrected chi connectivity index (χ3v) is 8.08. The maximum Gasteiger partial charge on any atom is 0.123 e. The van der Waals surface area contributed by atoms with Gasteiger partial charge in [-0.2, -0.15) is 0 Å². The lowest BCUT2D eigenvalue weighted by atomic mass is 9.78. The minimum Gasteiger partial charge on any atom is -0.491 e. The molecule has 3 unspecified atom stereocenters. The number of epoxide rings is 3. The van der Waals surface area contributed by atoms with Crippen molar-refractivity contribution >= 4 is 0 Å². The highest BCUT2D eigenvalue weighted by Crippen LogP contribution is 2.45. The van der Waals surface area contributed by atoms with Crippen LogP contribution in [0.4, 0.5) is 0 Å². The second-order valence-corrected chi connectivity index (χ2v) is 13.8. The van der Waals surface area contributed by atoms with Crippen molar-refractivity contribution in [2.24, 2.45) is 0 Å². The molecule has 3 aromatic carbocycles. The highest BCUT2D eigenvalue weighted by atomic mass is 16.6. The molecule has 0 bridgehead atoms. The Morgan fingerprint density at radius 3 is 1.38 bits per heavy atom. The molecule has 3 saturated heterocycles. The monoisotopic (exact) mass is 572 g/mol. The molecule has 0 aliphatic carbocycles. The van der Waals surface area contributed by atoms with Gasteiger partial charge in [-0.05, 0) is 51.8 Å². The Bertz CT molecular complexity index is 1290. The Morgan fingerprint density at radius 2 is 1.00 bits per heavy atom. The van der Waals surface area contributed by atoms with E-state index in [2.05, 4.69) is 102 Å². The molecule has 3 aliphatic heterocycles. The van der Waals surface area contributed by atoms with E-state index >= 15 is 0 Å². The lowest BCUT2D eigenvalue weighted by Gasteiger charge is -2.29. The summed E-state index contributed by atoms with van der Waals surface area (Å²) in [6, 6.07) is 21.7. The summed E-state index contributed by atoms with van der Waals surface area (Å²) in [5.74, 6) is 2.44. The summed E-state index contributed by atoms with van der Waals surface area (Å²) in [6.45, 7) is 17.4. The molecule has 6 heteroatoms. The summed E-state index contributed by atoms with van der Waals surface area (Å²) in [4.78, 5) is 0. The van der Waals surface area contributed by atoms with E-state index in [1.165, 1.54) is 11.1 Å². The summed E-state index contributed by atoms with van der Waals surface area (Å²) >= 11 is 0. The molecule has 3 aromatic rings. The van der Waals surface area contributed by atoms with Gasteiger partial charge in [0.05, 0.1) is 19.8 Å². The Kier molecular flexibility index (Phi) is 7.99. The van der Waals surface area contributed by atoms with Crippen LogP contribution in [0.3, 0.4) is 0 Å². The fourth-order valence-corrected chi connectivity index (χ4v) is 5.07. The van der Waals surface area contributed by atoms with Gasteiger partial charge in [0.15, 0.2) is 0 Å².